The van der Waals surface area contributed by atoms with Crippen LogP contribution in [0.4, 0.5) is 13.2 Å². The molecule has 0 aliphatic carbocycles. The molecule has 0 radical (unpaired) electrons. The summed E-state index contributed by atoms with van der Waals surface area (Å²) in [5, 5.41) is 0.779. The number of nitrogens with zero attached hydrogens (tertiary/aromatic N) is 1. The highest BCUT2D eigenvalue weighted by molar-refractivity contribution is 5.86. The van der Waals surface area contributed by atoms with Gasteiger partial charge in [0.15, 0.2) is 0 Å². The van der Waals surface area contributed by atoms with Crippen molar-refractivity contribution in [3.63, 3.8) is 0 Å². The standard InChI is InChI=1S/C17H10F3NO3/c18-17(19,20)24-14-5-3-13(4-6-14)23-16-8-2-12-9-11(10-22)1-7-15(12)21-16/h1-10H. The van der Waals surface area contributed by atoms with Gasteiger partial charge in [0.05, 0.1) is 5.52 Å². The van der Waals surface area contributed by atoms with Crippen LogP contribution in [0.2, 0.25) is 0 Å². The van der Waals surface area contributed by atoms with Crippen LogP contribution >= 0.6 is 0 Å². The van der Waals surface area contributed by atoms with Crippen LogP contribution in [0.5, 0.6) is 17.4 Å². The molecule has 3 rings (SSSR count). The van der Waals surface area contributed by atoms with Crippen molar-refractivity contribution in [2.75, 3.05) is 0 Å². The molecule has 0 saturated carbocycles. The van der Waals surface area contributed by atoms with E-state index in [2.05, 4.69) is 9.72 Å². The maximum Gasteiger partial charge on any atom is 0.573 e. The summed E-state index contributed by atoms with van der Waals surface area (Å²) in [5.74, 6) is 0.273. The van der Waals surface area contributed by atoms with Gasteiger partial charge in [-0.15, -0.1) is 13.2 Å². The molecular weight excluding hydrogens is 323 g/mol. The molecule has 0 atom stereocenters. The fourth-order valence-electron chi connectivity index (χ4n) is 2.09. The molecule has 0 aliphatic rings. The van der Waals surface area contributed by atoms with Gasteiger partial charge in [-0.05, 0) is 48.5 Å². The molecule has 4 nitrogen and oxygen atoms in total. The molecule has 1 heterocycles. The zero-order valence-electron chi connectivity index (χ0n) is 12.1. The highest BCUT2D eigenvalue weighted by Crippen LogP contribution is 2.27. The van der Waals surface area contributed by atoms with Gasteiger partial charge >= 0.3 is 6.36 Å². The van der Waals surface area contributed by atoms with Gasteiger partial charge in [-0.1, -0.05) is 0 Å². The fraction of sp³-hybridized carbons (Fsp3) is 0.0588. The topological polar surface area (TPSA) is 48.4 Å². The summed E-state index contributed by atoms with van der Waals surface area (Å²) in [6.45, 7) is 0. The van der Waals surface area contributed by atoms with Crippen LogP contribution in [0.15, 0.2) is 54.6 Å². The van der Waals surface area contributed by atoms with E-state index in [0.29, 0.717) is 16.8 Å². The average Bonchev–Trinajstić information content (AvgIpc) is 2.55. The number of ether oxygens (including phenoxy) is 2. The van der Waals surface area contributed by atoms with Crippen LogP contribution in [0.25, 0.3) is 10.9 Å². The number of hydrogen-bond donors (Lipinski definition) is 0. The van der Waals surface area contributed by atoms with Crippen LogP contribution in [-0.2, 0) is 0 Å². The van der Waals surface area contributed by atoms with Crippen molar-refractivity contribution in [3.05, 3.63) is 60.2 Å². The lowest BCUT2D eigenvalue weighted by Gasteiger charge is -2.10. The Bertz CT molecular complexity index is 876. The molecule has 0 bridgehead atoms. The molecular formula is C17H10F3NO3. The van der Waals surface area contributed by atoms with E-state index in [-0.39, 0.29) is 11.6 Å². The zero-order valence-corrected chi connectivity index (χ0v) is 12.1. The SMILES string of the molecule is O=Cc1ccc2nc(Oc3ccc(OC(F)(F)F)cc3)ccc2c1. The molecule has 0 amide bonds. The number of benzene rings is 2. The largest absolute Gasteiger partial charge is 0.573 e. The second-order valence-electron chi connectivity index (χ2n) is 4.84. The Morgan fingerprint density at radius 3 is 2.29 bits per heavy atom. The Hall–Kier alpha value is -3.09. The lowest BCUT2D eigenvalue weighted by molar-refractivity contribution is -0.274. The predicted molar refractivity (Wildman–Crippen MR) is 80.3 cm³/mol. The van der Waals surface area contributed by atoms with Gasteiger partial charge in [0.2, 0.25) is 5.88 Å². The molecule has 0 spiro atoms. The Morgan fingerprint density at radius 1 is 0.917 bits per heavy atom. The van der Waals surface area contributed by atoms with Crippen molar-refractivity contribution in [1.82, 2.24) is 4.98 Å². The minimum absolute atomic E-state index is 0.283. The summed E-state index contributed by atoms with van der Waals surface area (Å²) in [5.41, 5.74) is 1.17. The minimum Gasteiger partial charge on any atom is -0.439 e. The number of hydrogen-bond acceptors (Lipinski definition) is 4. The first-order valence-corrected chi connectivity index (χ1v) is 6.83. The molecule has 2 aromatic carbocycles. The average molecular weight is 333 g/mol. The number of pyridine rings is 1. The Morgan fingerprint density at radius 2 is 1.62 bits per heavy atom. The Labute approximate surface area is 134 Å². The number of rotatable bonds is 4. The molecule has 0 N–H and O–H groups in total. The fourth-order valence-corrected chi connectivity index (χ4v) is 2.09. The highest BCUT2D eigenvalue weighted by Gasteiger charge is 2.30. The van der Waals surface area contributed by atoms with E-state index in [4.69, 9.17) is 4.74 Å². The number of halogens is 3. The quantitative estimate of drug-likeness (QED) is 0.647. The molecule has 122 valence electrons. The third kappa shape index (κ3) is 3.81. The van der Waals surface area contributed by atoms with Gasteiger partial charge in [0.25, 0.3) is 0 Å². The smallest absolute Gasteiger partial charge is 0.439 e. The lowest BCUT2D eigenvalue weighted by atomic mass is 10.1. The van der Waals surface area contributed by atoms with Crippen LogP contribution in [0.1, 0.15) is 10.4 Å². The van der Waals surface area contributed by atoms with Crippen molar-refractivity contribution in [3.8, 4) is 17.4 Å². The predicted octanol–water partition coefficient (Wildman–Crippen LogP) is 4.74. The van der Waals surface area contributed by atoms with E-state index in [1.165, 1.54) is 12.1 Å². The molecule has 7 heteroatoms. The second kappa shape index (κ2) is 6.19. The third-order valence-corrected chi connectivity index (χ3v) is 3.10. The first-order valence-electron chi connectivity index (χ1n) is 6.83. The number of aldehydes is 1. The van der Waals surface area contributed by atoms with Crippen molar-refractivity contribution >= 4 is 17.2 Å². The van der Waals surface area contributed by atoms with Gasteiger partial charge in [0.1, 0.15) is 17.8 Å². The van der Waals surface area contributed by atoms with E-state index in [9.17, 15) is 18.0 Å². The van der Waals surface area contributed by atoms with Crippen molar-refractivity contribution in [2.24, 2.45) is 0 Å². The number of fused-ring (bicyclic) bond motifs is 1. The molecule has 24 heavy (non-hydrogen) atoms. The Balaban J connectivity index is 1.78. The summed E-state index contributed by atoms with van der Waals surface area (Å²) in [4.78, 5) is 15.0. The molecule has 0 unspecified atom stereocenters. The highest BCUT2D eigenvalue weighted by atomic mass is 19.4. The van der Waals surface area contributed by atoms with E-state index in [1.54, 1.807) is 30.3 Å². The van der Waals surface area contributed by atoms with Gasteiger partial charge in [-0.25, -0.2) is 4.98 Å². The van der Waals surface area contributed by atoms with Gasteiger partial charge in [0, 0.05) is 17.0 Å². The summed E-state index contributed by atoms with van der Waals surface area (Å²) in [6, 6.07) is 13.4. The lowest BCUT2D eigenvalue weighted by Crippen LogP contribution is -2.16. The molecule has 0 fully saturated rings. The molecule has 3 aromatic rings. The first-order chi connectivity index (χ1) is 11.4. The van der Waals surface area contributed by atoms with Crippen molar-refractivity contribution < 1.29 is 27.4 Å². The van der Waals surface area contributed by atoms with E-state index in [1.807, 2.05) is 0 Å². The molecule has 1 aromatic heterocycles. The molecule has 0 aliphatic heterocycles. The minimum atomic E-state index is -4.73. The number of carbonyl (C=O) groups excluding carboxylic acids is 1. The third-order valence-electron chi connectivity index (χ3n) is 3.10. The Kier molecular flexibility index (Phi) is 4.07. The maximum absolute atomic E-state index is 12.1. The van der Waals surface area contributed by atoms with E-state index >= 15 is 0 Å². The summed E-state index contributed by atoms with van der Waals surface area (Å²) < 4.78 is 45.6. The van der Waals surface area contributed by atoms with Gasteiger partial charge in [-0.2, -0.15) is 0 Å². The maximum atomic E-state index is 12.1. The van der Waals surface area contributed by atoms with E-state index < -0.39 is 6.36 Å². The van der Waals surface area contributed by atoms with E-state index in [0.717, 1.165) is 23.8 Å². The zero-order chi connectivity index (χ0) is 17.2. The summed E-state index contributed by atoms with van der Waals surface area (Å²) in [6.07, 6.45) is -3.99. The van der Waals surface area contributed by atoms with Crippen molar-refractivity contribution in [2.45, 2.75) is 6.36 Å². The number of carbonyl (C=O) groups is 1. The second-order valence-corrected chi connectivity index (χ2v) is 4.84. The van der Waals surface area contributed by atoms with Gasteiger partial charge < -0.3 is 9.47 Å². The first kappa shape index (κ1) is 15.8. The monoisotopic (exact) mass is 333 g/mol. The summed E-state index contributed by atoms with van der Waals surface area (Å²) >= 11 is 0. The number of alkyl halides is 3. The molecule has 0 saturated heterocycles. The van der Waals surface area contributed by atoms with Gasteiger partial charge in [-0.3, -0.25) is 4.79 Å². The van der Waals surface area contributed by atoms with Crippen LogP contribution < -0.4 is 9.47 Å². The van der Waals surface area contributed by atoms with Crippen LogP contribution in [0.3, 0.4) is 0 Å². The number of aromatic nitrogens is 1. The normalized spacial score (nSPS) is 11.3. The summed E-state index contributed by atoms with van der Waals surface area (Å²) in [7, 11) is 0. The van der Waals surface area contributed by atoms with Crippen molar-refractivity contribution in [1.29, 1.82) is 0 Å². The van der Waals surface area contributed by atoms with Crippen LogP contribution in [0, 0.1) is 0 Å². The van der Waals surface area contributed by atoms with Crippen LogP contribution in [-0.4, -0.2) is 17.6 Å².